The summed E-state index contributed by atoms with van der Waals surface area (Å²) in [5, 5.41) is 0. The minimum atomic E-state index is -4.55. The van der Waals surface area contributed by atoms with Crippen LogP contribution in [0.1, 0.15) is 24.7 Å². The third-order valence-corrected chi connectivity index (χ3v) is 5.91. The summed E-state index contributed by atoms with van der Waals surface area (Å²) in [6.07, 6.45) is -1.48. The molecule has 2 aromatic carbocycles. The van der Waals surface area contributed by atoms with Crippen molar-refractivity contribution >= 4 is 38.8 Å². The van der Waals surface area contributed by atoms with Crippen molar-refractivity contribution in [2.75, 3.05) is 10.7 Å². The van der Waals surface area contributed by atoms with E-state index in [0.717, 1.165) is 12.1 Å². The molecule has 0 bridgehead atoms. The second kappa shape index (κ2) is 9.36. The molecule has 1 aromatic heterocycles. The van der Waals surface area contributed by atoms with Gasteiger partial charge >= 0.3 is 6.18 Å². The Morgan fingerprint density at radius 1 is 1.18 bits per heavy atom. The predicted octanol–water partition coefficient (Wildman–Crippen LogP) is 3.79. The van der Waals surface area contributed by atoms with E-state index < -0.39 is 27.6 Å². The fourth-order valence-corrected chi connectivity index (χ4v) is 4.07. The molecule has 0 aliphatic heterocycles. The number of nitrogens with zero attached hydrogens (tertiary/aromatic N) is 3. The zero-order chi connectivity index (χ0) is 24.4. The summed E-state index contributed by atoms with van der Waals surface area (Å²) in [6.45, 7) is 1.41. The van der Waals surface area contributed by atoms with Crippen molar-refractivity contribution in [2.45, 2.75) is 26.1 Å². The van der Waals surface area contributed by atoms with E-state index in [1.54, 1.807) is 48.0 Å². The topological polar surface area (TPSA) is 83.5 Å². The highest BCUT2D eigenvalue weighted by molar-refractivity contribution is 7.85. The summed E-state index contributed by atoms with van der Waals surface area (Å²) in [5.74, 6) is -0.363. The van der Waals surface area contributed by atoms with Crippen LogP contribution in [0.15, 0.2) is 54.7 Å². The number of anilines is 1. The Labute approximate surface area is 189 Å². The first-order chi connectivity index (χ1) is 15.4. The Morgan fingerprint density at radius 3 is 2.42 bits per heavy atom. The van der Waals surface area contributed by atoms with Gasteiger partial charge in [-0.3, -0.25) is 14.2 Å². The molecule has 0 unspecified atom stereocenters. The quantitative estimate of drug-likeness (QED) is 0.410. The molecule has 0 saturated heterocycles. The van der Waals surface area contributed by atoms with Crippen molar-refractivity contribution < 1.29 is 35.5 Å². The van der Waals surface area contributed by atoms with E-state index in [0.29, 0.717) is 17.0 Å². The molecule has 0 saturated carbocycles. The lowest BCUT2D eigenvalue weighted by Gasteiger charge is -2.15. The highest BCUT2D eigenvalue weighted by Crippen LogP contribution is 2.31. The van der Waals surface area contributed by atoms with Crippen molar-refractivity contribution in [2.24, 2.45) is 7.05 Å². The van der Waals surface area contributed by atoms with Crippen LogP contribution in [0.25, 0.3) is 17.1 Å². The standard InChI is InChI=1S/C22H22F3N3O4S/c1-16(29)27(18-7-4-3-5-8-18)13-11-21-26(2)19-10-9-17(22(23,24)25)15-20(19)28(21)12-6-14-33(30,31)32/h3-5,7-11,13,15H,6,12,14H2,1-2H3/p+1. The van der Waals surface area contributed by atoms with Crippen molar-refractivity contribution in [3.63, 3.8) is 0 Å². The second-order valence-electron chi connectivity index (χ2n) is 7.45. The Hall–Kier alpha value is -3.18. The van der Waals surface area contributed by atoms with Crippen LogP contribution in [-0.4, -0.2) is 29.2 Å². The van der Waals surface area contributed by atoms with E-state index in [4.69, 9.17) is 4.55 Å². The van der Waals surface area contributed by atoms with Crippen molar-refractivity contribution in [1.29, 1.82) is 0 Å². The fourth-order valence-electron chi connectivity index (χ4n) is 3.57. The van der Waals surface area contributed by atoms with Crippen molar-refractivity contribution in [1.82, 2.24) is 4.57 Å². The van der Waals surface area contributed by atoms with Crippen molar-refractivity contribution in [3.05, 3.63) is 66.1 Å². The highest BCUT2D eigenvalue weighted by atomic mass is 32.2. The summed E-state index contributed by atoms with van der Waals surface area (Å²) in [6, 6.07) is 12.1. The van der Waals surface area contributed by atoms with Crippen LogP contribution in [0, 0.1) is 0 Å². The lowest BCUT2D eigenvalue weighted by molar-refractivity contribution is -0.647. The maximum atomic E-state index is 13.3. The molecule has 3 rings (SSSR count). The van der Waals surface area contributed by atoms with Gasteiger partial charge in [0.05, 0.1) is 24.9 Å². The van der Waals surface area contributed by atoms with E-state index in [2.05, 4.69) is 0 Å². The first-order valence-electron chi connectivity index (χ1n) is 9.96. The van der Waals surface area contributed by atoms with E-state index in [9.17, 15) is 26.4 Å². The minimum Gasteiger partial charge on any atom is -0.288 e. The van der Waals surface area contributed by atoms with Gasteiger partial charge in [-0.2, -0.15) is 21.6 Å². The number of aromatic nitrogens is 2. The van der Waals surface area contributed by atoms with Gasteiger partial charge in [0.2, 0.25) is 5.91 Å². The van der Waals surface area contributed by atoms with Gasteiger partial charge in [0.25, 0.3) is 15.9 Å². The molecule has 1 N–H and O–H groups in total. The Bertz CT molecular complexity index is 1300. The molecular weight excluding hydrogens is 459 g/mol. The fraction of sp³-hybridized carbons (Fsp3) is 0.273. The van der Waals surface area contributed by atoms with Crippen LogP contribution in [0.4, 0.5) is 18.9 Å². The van der Waals surface area contributed by atoms with Crippen LogP contribution in [-0.2, 0) is 34.7 Å². The van der Waals surface area contributed by atoms with Gasteiger partial charge in [-0.05, 0) is 24.3 Å². The number of benzene rings is 2. The number of rotatable bonds is 7. The highest BCUT2D eigenvalue weighted by Gasteiger charge is 2.33. The first kappa shape index (κ1) is 24.5. The minimum absolute atomic E-state index is 0.0190. The molecule has 1 heterocycles. The van der Waals surface area contributed by atoms with Gasteiger partial charge in [-0.1, -0.05) is 18.2 Å². The summed E-state index contributed by atoms with van der Waals surface area (Å²) in [7, 11) is -2.57. The molecule has 0 atom stereocenters. The monoisotopic (exact) mass is 482 g/mol. The average Bonchev–Trinajstić information content (AvgIpc) is 2.98. The third-order valence-electron chi connectivity index (χ3n) is 5.11. The SMILES string of the molecule is CC(=O)N(C=Cc1n(CCCS(=O)(=O)O)c2cc(C(F)(F)F)ccc2[n+]1C)c1ccccc1. The molecule has 0 radical (unpaired) electrons. The number of imidazole rings is 1. The van der Waals surface area contributed by atoms with Gasteiger partial charge in [-0.15, -0.1) is 0 Å². The number of carbonyl (C=O) groups is 1. The zero-order valence-electron chi connectivity index (χ0n) is 18.0. The van der Waals surface area contributed by atoms with Gasteiger partial charge in [-0.25, -0.2) is 9.13 Å². The maximum Gasteiger partial charge on any atom is 0.416 e. The van der Waals surface area contributed by atoms with E-state index >= 15 is 0 Å². The Morgan fingerprint density at radius 2 is 1.85 bits per heavy atom. The molecule has 11 heteroatoms. The number of hydrogen-bond acceptors (Lipinski definition) is 3. The molecule has 0 aliphatic carbocycles. The molecular formula is C22H23F3N3O4S+. The number of para-hydroxylation sites is 1. The largest absolute Gasteiger partial charge is 0.416 e. The molecule has 1 amide bonds. The summed E-state index contributed by atoms with van der Waals surface area (Å²) >= 11 is 0. The van der Waals surface area contributed by atoms with Crippen LogP contribution in [0.5, 0.6) is 0 Å². The number of fused-ring (bicyclic) bond motifs is 1. The number of hydrogen-bond donors (Lipinski definition) is 1. The Balaban J connectivity index is 2.12. The maximum absolute atomic E-state index is 13.3. The Kier molecular flexibility index (Phi) is 6.94. The molecule has 176 valence electrons. The molecule has 33 heavy (non-hydrogen) atoms. The van der Waals surface area contributed by atoms with E-state index in [-0.39, 0.29) is 24.4 Å². The first-order valence-corrected chi connectivity index (χ1v) is 11.6. The van der Waals surface area contributed by atoms with Gasteiger partial charge in [0, 0.05) is 37.4 Å². The predicted molar refractivity (Wildman–Crippen MR) is 118 cm³/mol. The number of amides is 1. The smallest absolute Gasteiger partial charge is 0.288 e. The molecule has 0 aliphatic rings. The van der Waals surface area contributed by atoms with E-state index in [1.807, 2.05) is 0 Å². The summed E-state index contributed by atoms with van der Waals surface area (Å²) in [4.78, 5) is 13.6. The third kappa shape index (κ3) is 5.79. The van der Waals surface area contributed by atoms with Gasteiger partial charge < -0.3 is 0 Å². The van der Waals surface area contributed by atoms with Gasteiger partial charge in [0.1, 0.15) is 0 Å². The molecule has 0 spiro atoms. The molecule has 7 nitrogen and oxygen atoms in total. The molecule has 0 fully saturated rings. The second-order valence-corrected chi connectivity index (χ2v) is 9.02. The average molecular weight is 483 g/mol. The van der Waals surface area contributed by atoms with Crippen LogP contribution < -0.4 is 9.47 Å². The number of alkyl halides is 3. The normalized spacial score (nSPS) is 12.5. The summed E-state index contributed by atoms with van der Waals surface area (Å²) < 4.78 is 74.4. The number of halogens is 3. The summed E-state index contributed by atoms with van der Waals surface area (Å²) in [5.41, 5.74) is 0.506. The molecule has 3 aromatic rings. The lowest BCUT2D eigenvalue weighted by Crippen LogP contribution is -2.31. The number of aryl methyl sites for hydroxylation is 2. The number of carbonyl (C=O) groups excluding carboxylic acids is 1. The van der Waals surface area contributed by atoms with Crippen molar-refractivity contribution in [3.8, 4) is 0 Å². The lowest BCUT2D eigenvalue weighted by atomic mass is 10.2. The zero-order valence-corrected chi connectivity index (χ0v) is 18.8. The van der Waals surface area contributed by atoms with Gasteiger partial charge in [0.15, 0.2) is 11.0 Å². The van der Waals surface area contributed by atoms with E-state index in [1.165, 1.54) is 28.7 Å². The van der Waals surface area contributed by atoms with Crippen LogP contribution in [0.3, 0.4) is 0 Å². The van der Waals surface area contributed by atoms with Crippen LogP contribution in [0.2, 0.25) is 0 Å². The van der Waals surface area contributed by atoms with Crippen LogP contribution >= 0.6 is 0 Å².